The molecule has 0 radical (unpaired) electrons. The summed E-state index contributed by atoms with van der Waals surface area (Å²) in [6.45, 7) is 7.77. The van der Waals surface area contributed by atoms with Crippen LogP contribution >= 0.6 is 15.9 Å². The first-order chi connectivity index (χ1) is 9.12. The Morgan fingerprint density at radius 3 is 2.63 bits per heavy atom. The van der Waals surface area contributed by atoms with Crippen LogP contribution in [0.5, 0.6) is 0 Å². The van der Waals surface area contributed by atoms with Crippen LogP contribution in [0, 0.1) is 5.82 Å². The summed E-state index contributed by atoms with van der Waals surface area (Å²) in [4.78, 5) is 0. The Bertz CT molecular complexity index is 386. The lowest BCUT2D eigenvalue weighted by Gasteiger charge is -2.27. The fraction of sp³-hybridized carbons (Fsp3) is 0.600. The molecular formula is C15H23BrFNO. The number of likely N-dealkylation sites (N-methyl/N-ethyl adjacent to an activating group) is 1. The van der Waals surface area contributed by atoms with Crippen molar-refractivity contribution in [3.05, 3.63) is 34.1 Å². The van der Waals surface area contributed by atoms with E-state index in [0.29, 0.717) is 6.61 Å². The molecule has 1 N–H and O–H groups in total. The summed E-state index contributed by atoms with van der Waals surface area (Å²) in [5.74, 6) is -0.196. The molecule has 0 spiro atoms. The summed E-state index contributed by atoms with van der Waals surface area (Å²) in [5, 5.41) is 3.45. The standard InChI is InChI=1S/C15H23BrFNO/c1-4-15(19-6-3)14(18-5-2)10-11-9-12(17)7-8-13(11)16/h7-9,14-15,18H,4-6,10H2,1-3H3. The monoisotopic (exact) mass is 331 g/mol. The molecule has 1 rings (SSSR count). The van der Waals surface area contributed by atoms with Crippen molar-refractivity contribution in [1.82, 2.24) is 5.32 Å². The van der Waals surface area contributed by atoms with Gasteiger partial charge in [0.15, 0.2) is 0 Å². The molecule has 0 aliphatic heterocycles. The minimum Gasteiger partial charge on any atom is -0.377 e. The quantitative estimate of drug-likeness (QED) is 0.779. The first-order valence-electron chi connectivity index (χ1n) is 6.91. The van der Waals surface area contributed by atoms with Gasteiger partial charge in [-0.2, -0.15) is 0 Å². The van der Waals surface area contributed by atoms with E-state index >= 15 is 0 Å². The second-order valence-corrected chi connectivity index (χ2v) is 5.36. The Hall–Kier alpha value is -0.450. The van der Waals surface area contributed by atoms with Crippen molar-refractivity contribution in [1.29, 1.82) is 0 Å². The van der Waals surface area contributed by atoms with E-state index in [2.05, 4.69) is 35.1 Å². The molecule has 0 fully saturated rings. The predicted octanol–water partition coefficient (Wildman–Crippen LogP) is 3.92. The maximum atomic E-state index is 13.3. The van der Waals surface area contributed by atoms with Crippen LogP contribution in [0.1, 0.15) is 32.8 Å². The number of rotatable bonds is 8. The van der Waals surface area contributed by atoms with E-state index in [1.165, 1.54) is 6.07 Å². The zero-order valence-electron chi connectivity index (χ0n) is 11.9. The number of halogens is 2. The van der Waals surface area contributed by atoms with Gasteiger partial charge in [-0.25, -0.2) is 4.39 Å². The van der Waals surface area contributed by atoms with Gasteiger partial charge < -0.3 is 10.1 Å². The molecule has 4 heteroatoms. The van der Waals surface area contributed by atoms with Crippen LogP contribution in [0.15, 0.2) is 22.7 Å². The molecular weight excluding hydrogens is 309 g/mol. The van der Waals surface area contributed by atoms with Crippen LogP contribution in [0.3, 0.4) is 0 Å². The lowest BCUT2D eigenvalue weighted by molar-refractivity contribution is 0.0323. The molecule has 0 saturated carbocycles. The van der Waals surface area contributed by atoms with Gasteiger partial charge in [0.05, 0.1) is 6.10 Å². The van der Waals surface area contributed by atoms with Crippen molar-refractivity contribution in [2.75, 3.05) is 13.2 Å². The molecule has 0 aromatic heterocycles. The molecule has 2 atom stereocenters. The second kappa shape index (κ2) is 8.67. The number of hydrogen-bond donors (Lipinski definition) is 1. The van der Waals surface area contributed by atoms with Gasteiger partial charge in [-0.15, -0.1) is 0 Å². The van der Waals surface area contributed by atoms with Gasteiger partial charge in [0.2, 0.25) is 0 Å². The smallest absolute Gasteiger partial charge is 0.123 e. The Labute approximate surface area is 123 Å². The number of nitrogens with one attached hydrogen (secondary N) is 1. The SMILES string of the molecule is CCNC(Cc1cc(F)ccc1Br)C(CC)OCC. The van der Waals surface area contributed by atoms with Gasteiger partial charge in [-0.1, -0.05) is 29.8 Å². The highest BCUT2D eigenvalue weighted by atomic mass is 79.9. The van der Waals surface area contributed by atoms with Crippen molar-refractivity contribution < 1.29 is 9.13 Å². The lowest BCUT2D eigenvalue weighted by atomic mass is 9.99. The molecule has 1 aromatic rings. The molecule has 0 aliphatic carbocycles. The predicted molar refractivity (Wildman–Crippen MR) is 81.0 cm³/mol. The van der Waals surface area contributed by atoms with E-state index in [4.69, 9.17) is 4.74 Å². The summed E-state index contributed by atoms with van der Waals surface area (Å²) in [6, 6.07) is 5.02. The molecule has 0 saturated heterocycles. The topological polar surface area (TPSA) is 21.3 Å². The Morgan fingerprint density at radius 1 is 1.32 bits per heavy atom. The maximum absolute atomic E-state index is 13.3. The van der Waals surface area contributed by atoms with Crippen LogP contribution in [0.2, 0.25) is 0 Å². The minimum absolute atomic E-state index is 0.153. The van der Waals surface area contributed by atoms with Crippen LogP contribution in [0.4, 0.5) is 4.39 Å². The molecule has 19 heavy (non-hydrogen) atoms. The number of benzene rings is 1. The van der Waals surface area contributed by atoms with E-state index in [0.717, 1.165) is 29.4 Å². The summed E-state index contributed by atoms with van der Waals surface area (Å²) < 4.78 is 20.1. The number of ether oxygens (including phenoxy) is 1. The third kappa shape index (κ3) is 5.21. The van der Waals surface area contributed by atoms with Crippen molar-refractivity contribution >= 4 is 15.9 Å². The maximum Gasteiger partial charge on any atom is 0.123 e. The zero-order valence-corrected chi connectivity index (χ0v) is 13.5. The third-order valence-electron chi connectivity index (χ3n) is 3.15. The Balaban J connectivity index is 2.84. The molecule has 108 valence electrons. The first kappa shape index (κ1) is 16.6. The minimum atomic E-state index is -0.196. The summed E-state index contributed by atoms with van der Waals surface area (Å²) in [5.41, 5.74) is 0.976. The Morgan fingerprint density at radius 2 is 2.05 bits per heavy atom. The third-order valence-corrected chi connectivity index (χ3v) is 3.92. The van der Waals surface area contributed by atoms with Crippen LogP contribution in [-0.4, -0.2) is 25.3 Å². The fourth-order valence-electron chi connectivity index (χ4n) is 2.27. The van der Waals surface area contributed by atoms with E-state index in [9.17, 15) is 4.39 Å². The average molecular weight is 332 g/mol. The molecule has 2 unspecified atom stereocenters. The summed E-state index contributed by atoms with van der Waals surface area (Å²) in [7, 11) is 0. The van der Waals surface area contributed by atoms with Crippen molar-refractivity contribution in [3.63, 3.8) is 0 Å². The van der Waals surface area contributed by atoms with Crippen molar-refractivity contribution in [3.8, 4) is 0 Å². The highest BCUT2D eigenvalue weighted by Gasteiger charge is 2.20. The normalized spacial score (nSPS) is 14.4. The molecule has 0 aliphatic rings. The lowest BCUT2D eigenvalue weighted by Crippen LogP contribution is -2.42. The first-order valence-corrected chi connectivity index (χ1v) is 7.70. The summed E-state index contributed by atoms with van der Waals surface area (Å²) >= 11 is 3.48. The van der Waals surface area contributed by atoms with Gasteiger partial charge >= 0.3 is 0 Å². The van der Waals surface area contributed by atoms with Crippen LogP contribution < -0.4 is 5.32 Å². The molecule has 1 aromatic carbocycles. The van der Waals surface area contributed by atoms with E-state index in [1.807, 2.05) is 6.92 Å². The second-order valence-electron chi connectivity index (χ2n) is 4.51. The fourth-order valence-corrected chi connectivity index (χ4v) is 2.68. The van der Waals surface area contributed by atoms with Crippen molar-refractivity contribution in [2.45, 2.75) is 45.8 Å². The molecule has 0 amide bonds. The van der Waals surface area contributed by atoms with Crippen LogP contribution in [-0.2, 0) is 11.2 Å². The van der Waals surface area contributed by atoms with E-state index < -0.39 is 0 Å². The van der Waals surface area contributed by atoms with Crippen LogP contribution in [0.25, 0.3) is 0 Å². The molecule has 0 bridgehead atoms. The highest BCUT2D eigenvalue weighted by Crippen LogP contribution is 2.21. The average Bonchev–Trinajstić information content (AvgIpc) is 2.39. The van der Waals surface area contributed by atoms with Gasteiger partial charge in [-0.3, -0.25) is 0 Å². The van der Waals surface area contributed by atoms with Gasteiger partial charge in [0, 0.05) is 17.1 Å². The van der Waals surface area contributed by atoms with Crippen molar-refractivity contribution in [2.24, 2.45) is 0 Å². The Kier molecular flexibility index (Phi) is 7.57. The molecule has 0 heterocycles. The summed E-state index contributed by atoms with van der Waals surface area (Å²) in [6.07, 6.45) is 1.85. The van der Waals surface area contributed by atoms with Gasteiger partial charge in [-0.05, 0) is 50.1 Å². The van der Waals surface area contributed by atoms with Gasteiger partial charge in [0.25, 0.3) is 0 Å². The van der Waals surface area contributed by atoms with E-state index in [1.54, 1.807) is 12.1 Å². The number of hydrogen-bond acceptors (Lipinski definition) is 2. The zero-order chi connectivity index (χ0) is 14.3. The van der Waals surface area contributed by atoms with E-state index in [-0.39, 0.29) is 18.0 Å². The molecule has 2 nitrogen and oxygen atoms in total. The van der Waals surface area contributed by atoms with Gasteiger partial charge in [0.1, 0.15) is 5.82 Å². The highest BCUT2D eigenvalue weighted by molar-refractivity contribution is 9.10. The largest absolute Gasteiger partial charge is 0.377 e.